The molecule has 13 heavy (non-hydrogen) atoms. The molecule has 0 aliphatic carbocycles. The van der Waals surface area contributed by atoms with Gasteiger partial charge in [0.2, 0.25) is 0 Å². The molecule has 0 spiro atoms. The third-order valence-electron chi connectivity index (χ3n) is 2.71. The van der Waals surface area contributed by atoms with Gasteiger partial charge in [0.25, 0.3) is 0 Å². The quantitative estimate of drug-likeness (QED) is 0.811. The highest BCUT2D eigenvalue weighted by Crippen LogP contribution is 2.34. The number of hydrogen-bond donors (Lipinski definition) is 1. The van der Waals surface area contributed by atoms with Crippen molar-refractivity contribution in [2.75, 3.05) is 0 Å². The molecule has 0 amide bonds. The highest BCUT2D eigenvalue weighted by atomic mass is 32.1. The lowest BCUT2D eigenvalue weighted by molar-refractivity contribution is 0.274. The Labute approximate surface area is 84.2 Å². The molecule has 0 radical (unpaired) electrons. The van der Waals surface area contributed by atoms with Gasteiger partial charge in [-0.25, -0.2) is 4.98 Å². The molecule has 1 rings (SSSR count). The van der Waals surface area contributed by atoms with E-state index in [4.69, 9.17) is 5.73 Å². The molecular formula is C10H18N2S. The molecule has 1 aromatic rings. The molecule has 2 N–H and O–H groups in total. The Kier molecular flexibility index (Phi) is 3.09. The van der Waals surface area contributed by atoms with E-state index in [9.17, 15) is 0 Å². The summed E-state index contributed by atoms with van der Waals surface area (Å²) in [6.45, 7) is 8.55. The molecule has 0 bridgehead atoms. The Balaban J connectivity index is 2.84. The zero-order chi connectivity index (χ0) is 10.1. The zero-order valence-corrected chi connectivity index (χ0v) is 9.61. The van der Waals surface area contributed by atoms with Crippen LogP contribution in [0.5, 0.6) is 0 Å². The topological polar surface area (TPSA) is 38.9 Å². The van der Waals surface area contributed by atoms with Crippen LogP contribution in [0, 0.1) is 12.3 Å². The minimum absolute atomic E-state index is 0.0578. The molecule has 0 fully saturated rings. The summed E-state index contributed by atoms with van der Waals surface area (Å²) >= 11 is 1.67. The number of aryl methyl sites for hydroxylation is 1. The van der Waals surface area contributed by atoms with E-state index in [0.29, 0.717) is 0 Å². The zero-order valence-electron chi connectivity index (χ0n) is 8.79. The maximum Gasteiger partial charge on any atom is 0.0898 e. The molecule has 3 heteroatoms. The molecule has 2 nitrogen and oxygen atoms in total. The van der Waals surface area contributed by atoms with Crippen molar-refractivity contribution in [3.8, 4) is 0 Å². The Morgan fingerprint density at radius 2 is 2.23 bits per heavy atom. The van der Waals surface area contributed by atoms with Crippen LogP contribution in [0.2, 0.25) is 0 Å². The second-order valence-electron chi connectivity index (χ2n) is 4.11. The molecule has 0 saturated carbocycles. The van der Waals surface area contributed by atoms with E-state index in [-0.39, 0.29) is 11.5 Å². The van der Waals surface area contributed by atoms with Crippen LogP contribution >= 0.6 is 11.3 Å². The Morgan fingerprint density at radius 1 is 1.62 bits per heavy atom. The maximum atomic E-state index is 6.14. The van der Waals surface area contributed by atoms with Crippen molar-refractivity contribution in [1.29, 1.82) is 0 Å². The van der Waals surface area contributed by atoms with Gasteiger partial charge in [-0.1, -0.05) is 20.8 Å². The van der Waals surface area contributed by atoms with Crippen molar-refractivity contribution in [2.45, 2.75) is 40.2 Å². The van der Waals surface area contributed by atoms with E-state index in [1.54, 1.807) is 11.3 Å². The fourth-order valence-electron chi connectivity index (χ4n) is 1.14. The highest BCUT2D eigenvalue weighted by molar-refractivity contribution is 7.09. The molecule has 0 aromatic carbocycles. The fraction of sp³-hybridized carbons (Fsp3) is 0.700. The van der Waals surface area contributed by atoms with Crippen LogP contribution in [0.1, 0.15) is 43.9 Å². The van der Waals surface area contributed by atoms with Crippen LogP contribution in [-0.4, -0.2) is 4.98 Å². The summed E-state index contributed by atoms with van der Waals surface area (Å²) < 4.78 is 0. The van der Waals surface area contributed by atoms with Crippen LogP contribution in [0.4, 0.5) is 0 Å². The second-order valence-corrected chi connectivity index (χ2v) is 5.17. The summed E-state index contributed by atoms with van der Waals surface area (Å²) in [4.78, 5) is 4.42. The Morgan fingerprint density at radius 3 is 2.62 bits per heavy atom. The molecule has 1 atom stereocenters. The molecular weight excluding hydrogens is 180 g/mol. The third-order valence-corrected chi connectivity index (χ3v) is 3.50. The lowest BCUT2D eigenvalue weighted by atomic mass is 9.81. The first kappa shape index (κ1) is 10.7. The summed E-state index contributed by atoms with van der Waals surface area (Å²) in [6.07, 6.45) is 1.07. The molecule has 1 aromatic heterocycles. The number of nitrogens with two attached hydrogens (primary N) is 1. The largest absolute Gasteiger partial charge is 0.322 e. The smallest absolute Gasteiger partial charge is 0.0898 e. The van der Waals surface area contributed by atoms with Gasteiger partial charge in [-0.15, -0.1) is 11.3 Å². The van der Waals surface area contributed by atoms with Gasteiger partial charge in [-0.2, -0.15) is 0 Å². The number of nitrogens with zero attached hydrogens (tertiary/aromatic N) is 1. The van der Waals surface area contributed by atoms with Crippen molar-refractivity contribution in [1.82, 2.24) is 4.98 Å². The van der Waals surface area contributed by atoms with Crippen molar-refractivity contribution >= 4 is 11.3 Å². The molecule has 1 heterocycles. The summed E-state index contributed by atoms with van der Waals surface area (Å²) in [5.74, 6) is 0. The van der Waals surface area contributed by atoms with Crippen LogP contribution < -0.4 is 5.73 Å². The van der Waals surface area contributed by atoms with Gasteiger partial charge < -0.3 is 5.73 Å². The summed E-state index contributed by atoms with van der Waals surface area (Å²) in [6, 6.07) is 0.0578. The Hall–Kier alpha value is -0.410. The van der Waals surface area contributed by atoms with E-state index in [0.717, 1.165) is 17.1 Å². The number of aromatic nitrogens is 1. The van der Waals surface area contributed by atoms with E-state index < -0.39 is 0 Å². The number of rotatable bonds is 3. The predicted molar refractivity (Wildman–Crippen MR) is 57.9 cm³/mol. The predicted octanol–water partition coefficient (Wildman–Crippen LogP) is 2.89. The fourth-order valence-corrected chi connectivity index (χ4v) is 1.79. The normalized spacial score (nSPS) is 14.5. The van der Waals surface area contributed by atoms with Gasteiger partial charge >= 0.3 is 0 Å². The van der Waals surface area contributed by atoms with Gasteiger partial charge in [0.15, 0.2) is 0 Å². The third kappa shape index (κ3) is 2.29. The summed E-state index contributed by atoms with van der Waals surface area (Å²) in [7, 11) is 0. The Bertz CT molecular complexity index is 278. The number of hydrogen-bond acceptors (Lipinski definition) is 3. The summed E-state index contributed by atoms with van der Waals surface area (Å²) in [5.41, 5.74) is 7.32. The average molecular weight is 198 g/mol. The molecule has 0 saturated heterocycles. The first-order chi connectivity index (χ1) is 5.97. The van der Waals surface area contributed by atoms with E-state index >= 15 is 0 Å². The van der Waals surface area contributed by atoms with Crippen LogP contribution in [0.15, 0.2) is 5.38 Å². The molecule has 1 unspecified atom stereocenters. The second kappa shape index (κ2) is 3.76. The lowest BCUT2D eigenvalue weighted by Gasteiger charge is -2.28. The first-order valence-corrected chi connectivity index (χ1v) is 5.53. The monoisotopic (exact) mass is 198 g/mol. The van der Waals surface area contributed by atoms with Crippen molar-refractivity contribution < 1.29 is 0 Å². The highest BCUT2D eigenvalue weighted by Gasteiger charge is 2.27. The van der Waals surface area contributed by atoms with E-state index in [1.165, 1.54) is 0 Å². The van der Waals surface area contributed by atoms with Gasteiger partial charge in [-0.05, 0) is 18.8 Å². The SMILES string of the molecule is CCC(C)(C)C(N)c1csc(C)n1. The van der Waals surface area contributed by atoms with Crippen molar-refractivity contribution in [3.05, 3.63) is 16.1 Å². The molecule has 74 valence electrons. The van der Waals surface area contributed by atoms with Crippen LogP contribution in [0.3, 0.4) is 0 Å². The van der Waals surface area contributed by atoms with Crippen LogP contribution in [0.25, 0.3) is 0 Å². The van der Waals surface area contributed by atoms with Crippen molar-refractivity contribution in [2.24, 2.45) is 11.1 Å². The van der Waals surface area contributed by atoms with Crippen LogP contribution in [-0.2, 0) is 0 Å². The standard InChI is InChI=1S/C10H18N2S/c1-5-10(3,4)9(11)8-6-13-7(2)12-8/h6,9H,5,11H2,1-4H3. The van der Waals surface area contributed by atoms with E-state index in [1.807, 2.05) is 6.92 Å². The average Bonchev–Trinajstić information content (AvgIpc) is 2.50. The minimum Gasteiger partial charge on any atom is -0.322 e. The lowest BCUT2D eigenvalue weighted by Crippen LogP contribution is -2.28. The van der Waals surface area contributed by atoms with E-state index in [2.05, 4.69) is 31.1 Å². The minimum atomic E-state index is 0.0578. The van der Waals surface area contributed by atoms with Gasteiger partial charge in [-0.3, -0.25) is 0 Å². The maximum absolute atomic E-state index is 6.14. The van der Waals surface area contributed by atoms with Gasteiger partial charge in [0.05, 0.1) is 16.7 Å². The summed E-state index contributed by atoms with van der Waals surface area (Å²) in [5, 5.41) is 3.16. The van der Waals surface area contributed by atoms with Gasteiger partial charge in [0, 0.05) is 5.38 Å². The van der Waals surface area contributed by atoms with Gasteiger partial charge in [0.1, 0.15) is 0 Å². The molecule has 0 aliphatic rings. The molecule has 0 aliphatic heterocycles. The first-order valence-electron chi connectivity index (χ1n) is 4.65. The number of thiazole rings is 1. The van der Waals surface area contributed by atoms with Crippen molar-refractivity contribution in [3.63, 3.8) is 0 Å².